The van der Waals surface area contributed by atoms with Gasteiger partial charge in [-0.3, -0.25) is 9.80 Å². The first kappa shape index (κ1) is 21.5. The number of fused-ring (bicyclic) bond motifs is 1. The predicted octanol–water partition coefficient (Wildman–Crippen LogP) is 2.11. The van der Waals surface area contributed by atoms with Crippen molar-refractivity contribution in [1.82, 2.24) is 4.98 Å². The van der Waals surface area contributed by atoms with Crippen LogP contribution in [0.25, 0.3) is 16.6 Å². The molecule has 1 fully saturated rings. The molecule has 9 heteroatoms. The Labute approximate surface area is 185 Å². The zero-order valence-corrected chi connectivity index (χ0v) is 17.9. The van der Waals surface area contributed by atoms with Gasteiger partial charge in [0.1, 0.15) is 5.82 Å². The lowest BCUT2D eigenvalue weighted by molar-refractivity contribution is 0.152. The van der Waals surface area contributed by atoms with E-state index in [2.05, 4.69) is 9.88 Å². The van der Waals surface area contributed by atoms with E-state index in [0.717, 1.165) is 18.8 Å². The molecule has 0 bridgehead atoms. The number of pyridine rings is 1. The van der Waals surface area contributed by atoms with Crippen molar-refractivity contribution in [3.05, 3.63) is 64.5 Å². The molecule has 0 spiro atoms. The highest BCUT2D eigenvalue weighted by Gasteiger charge is 2.15. The van der Waals surface area contributed by atoms with Crippen LogP contribution in [0.15, 0.2) is 53.5 Å². The van der Waals surface area contributed by atoms with E-state index in [1.54, 1.807) is 36.5 Å². The number of rotatable bonds is 5. The molecule has 0 unspecified atom stereocenters. The fourth-order valence-electron chi connectivity index (χ4n) is 3.79. The molecular weight excluding hydrogens is 410 g/mol. The van der Waals surface area contributed by atoms with E-state index in [-0.39, 0.29) is 11.2 Å². The highest BCUT2D eigenvalue weighted by molar-refractivity contribution is 5.91. The summed E-state index contributed by atoms with van der Waals surface area (Å²) in [6.07, 6.45) is 2.43. The third-order valence-corrected chi connectivity index (χ3v) is 5.46. The Balaban J connectivity index is 1.72. The minimum atomic E-state index is -0.0850. The van der Waals surface area contributed by atoms with Crippen LogP contribution < -0.4 is 31.7 Å². The normalized spacial score (nSPS) is 14.9. The Kier molecular flexibility index (Phi) is 6.20. The molecule has 168 valence electrons. The molecule has 2 heterocycles. The zero-order chi connectivity index (χ0) is 22.7. The van der Waals surface area contributed by atoms with E-state index in [4.69, 9.17) is 21.1 Å². The number of nitrogens with two attached hydrogens (primary N) is 2. The standard InChI is InChI=1S/C23H27N5O4/c1-31-21-7-6-15(12-20(21)30)28(25)14-18(24)16-4-2-5-17-19(29)13-22(26-23(16)17)27-8-3-10-32-11-9-27/h2,4-7,12-14,30H,3,8-11,24-25H2,1H3,(H,26,29)/b18-14-. The number of aromatic amines is 1. The number of para-hydroxylation sites is 1. The molecule has 3 aromatic rings. The molecule has 1 saturated heterocycles. The molecule has 1 aromatic heterocycles. The molecule has 0 atom stereocenters. The lowest BCUT2D eigenvalue weighted by atomic mass is 10.1. The van der Waals surface area contributed by atoms with Gasteiger partial charge in [0, 0.05) is 49.0 Å². The van der Waals surface area contributed by atoms with Gasteiger partial charge < -0.3 is 30.2 Å². The van der Waals surface area contributed by atoms with Crippen molar-refractivity contribution in [2.24, 2.45) is 11.6 Å². The second-order valence-electron chi connectivity index (χ2n) is 7.55. The number of benzene rings is 2. The number of methoxy groups -OCH3 is 1. The number of hydrogen-bond donors (Lipinski definition) is 4. The number of H-pyrrole nitrogens is 1. The van der Waals surface area contributed by atoms with Crippen LogP contribution in [0.2, 0.25) is 0 Å². The number of hydrogen-bond acceptors (Lipinski definition) is 8. The highest BCUT2D eigenvalue weighted by Crippen LogP contribution is 2.30. The number of nitrogens with zero attached hydrogens (tertiary/aromatic N) is 2. The maximum atomic E-state index is 12.8. The Hall–Kier alpha value is -3.69. The maximum absolute atomic E-state index is 12.8. The van der Waals surface area contributed by atoms with Gasteiger partial charge in [-0.25, -0.2) is 5.84 Å². The van der Waals surface area contributed by atoms with Crippen molar-refractivity contribution >= 4 is 28.1 Å². The van der Waals surface area contributed by atoms with E-state index in [1.807, 2.05) is 6.07 Å². The Bertz CT molecular complexity index is 1200. The smallest absolute Gasteiger partial charge is 0.191 e. The molecule has 1 aliphatic rings. The van der Waals surface area contributed by atoms with Crippen LogP contribution in [-0.2, 0) is 4.74 Å². The summed E-state index contributed by atoms with van der Waals surface area (Å²) in [5.74, 6) is 7.21. The van der Waals surface area contributed by atoms with E-state index < -0.39 is 0 Å². The Morgan fingerprint density at radius 3 is 2.88 bits per heavy atom. The summed E-state index contributed by atoms with van der Waals surface area (Å²) in [6.45, 7) is 2.82. The summed E-state index contributed by atoms with van der Waals surface area (Å²) in [5.41, 5.74) is 8.48. The fourth-order valence-corrected chi connectivity index (χ4v) is 3.79. The number of aromatic nitrogens is 1. The van der Waals surface area contributed by atoms with Crippen LogP contribution in [0, 0.1) is 0 Å². The lowest BCUT2D eigenvalue weighted by Crippen LogP contribution is -2.28. The van der Waals surface area contributed by atoms with Crippen molar-refractivity contribution < 1.29 is 14.6 Å². The lowest BCUT2D eigenvalue weighted by Gasteiger charge is -2.22. The summed E-state index contributed by atoms with van der Waals surface area (Å²) >= 11 is 0. The number of anilines is 2. The number of phenols is 1. The molecule has 4 rings (SSSR count). The molecule has 2 aromatic carbocycles. The molecule has 6 N–H and O–H groups in total. The average molecular weight is 438 g/mol. The number of ether oxygens (including phenoxy) is 2. The highest BCUT2D eigenvalue weighted by atomic mass is 16.5. The van der Waals surface area contributed by atoms with Gasteiger partial charge in [-0.15, -0.1) is 0 Å². The van der Waals surface area contributed by atoms with Crippen molar-refractivity contribution in [2.45, 2.75) is 6.42 Å². The van der Waals surface area contributed by atoms with Crippen LogP contribution in [-0.4, -0.2) is 43.5 Å². The first-order valence-electron chi connectivity index (χ1n) is 10.4. The van der Waals surface area contributed by atoms with E-state index in [9.17, 15) is 9.90 Å². The number of nitrogens with one attached hydrogen (secondary N) is 1. The van der Waals surface area contributed by atoms with Crippen molar-refractivity contribution in [1.29, 1.82) is 0 Å². The summed E-state index contributed by atoms with van der Waals surface area (Å²) in [6, 6.07) is 11.8. The maximum Gasteiger partial charge on any atom is 0.191 e. The first-order chi connectivity index (χ1) is 15.5. The average Bonchev–Trinajstić information content (AvgIpc) is 3.08. The monoisotopic (exact) mass is 437 g/mol. The Morgan fingerprint density at radius 2 is 2.09 bits per heavy atom. The van der Waals surface area contributed by atoms with Crippen LogP contribution >= 0.6 is 0 Å². The molecule has 0 radical (unpaired) electrons. The number of hydrazine groups is 1. The summed E-state index contributed by atoms with van der Waals surface area (Å²) in [7, 11) is 1.47. The molecule has 1 aliphatic heterocycles. The molecule has 32 heavy (non-hydrogen) atoms. The zero-order valence-electron chi connectivity index (χ0n) is 17.9. The van der Waals surface area contributed by atoms with Gasteiger partial charge >= 0.3 is 0 Å². The van der Waals surface area contributed by atoms with Crippen LogP contribution in [0.1, 0.15) is 12.0 Å². The SMILES string of the molecule is COc1ccc(N(N)/C=C(\N)c2cccc3c(=O)cc(N4CCCOCC4)[nH]c23)cc1O. The van der Waals surface area contributed by atoms with Gasteiger partial charge in [-0.05, 0) is 24.6 Å². The van der Waals surface area contributed by atoms with E-state index in [1.165, 1.54) is 18.2 Å². The van der Waals surface area contributed by atoms with E-state index >= 15 is 0 Å². The molecule has 0 aliphatic carbocycles. The quantitative estimate of drug-likeness (QED) is 0.353. The summed E-state index contributed by atoms with van der Waals surface area (Å²) in [5, 5.41) is 11.9. The Morgan fingerprint density at radius 1 is 1.25 bits per heavy atom. The fraction of sp³-hybridized carbons (Fsp3) is 0.261. The second kappa shape index (κ2) is 9.21. The predicted molar refractivity (Wildman–Crippen MR) is 126 cm³/mol. The van der Waals surface area contributed by atoms with Gasteiger partial charge in [0.2, 0.25) is 0 Å². The molecule has 0 saturated carbocycles. The second-order valence-corrected chi connectivity index (χ2v) is 7.55. The van der Waals surface area contributed by atoms with Gasteiger partial charge in [0.25, 0.3) is 0 Å². The van der Waals surface area contributed by atoms with Gasteiger partial charge in [-0.2, -0.15) is 0 Å². The van der Waals surface area contributed by atoms with Crippen molar-refractivity contribution in [2.75, 3.05) is 43.3 Å². The number of phenolic OH excluding ortho intramolecular Hbond substituents is 1. The third kappa shape index (κ3) is 4.34. The topological polar surface area (TPSA) is 130 Å². The third-order valence-electron chi connectivity index (χ3n) is 5.46. The van der Waals surface area contributed by atoms with Gasteiger partial charge in [0.15, 0.2) is 16.9 Å². The van der Waals surface area contributed by atoms with Crippen molar-refractivity contribution in [3.8, 4) is 11.5 Å². The van der Waals surface area contributed by atoms with Crippen molar-refractivity contribution in [3.63, 3.8) is 0 Å². The summed E-state index contributed by atoms with van der Waals surface area (Å²) < 4.78 is 10.6. The van der Waals surface area contributed by atoms with E-state index in [0.29, 0.717) is 53.4 Å². The van der Waals surface area contributed by atoms with Crippen LogP contribution in [0.3, 0.4) is 0 Å². The first-order valence-corrected chi connectivity index (χ1v) is 10.4. The van der Waals surface area contributed by atoms with Gasteiger partial charge in [0.05, 0.1) is 30.6 Å². The largest absolute Gasteiger partial charge is 0.504 e. The van der Waals surface area contributed by atoms with Gasteiger partial charge in [-0.1, -0.05) is 12.1 Å². The molecule has 9 nitrogen and oxygen atoms in total. The van der Waals surface area contributed by atoms with Crippen LogP contribution in [0.5, 0.6) is 11.5 Å². The number of aromatic hydroxyl groups is 1. The minimum Gasteiger partial charge on any atom is -0.504 e. The van der Waals surface area contributed by atoms with Crippen LogP contribution in [0.4, 0.5) is 11.5 Å². The summed E-state index contributed by atoms with van der Waals surface area (Å²) in [4.78, 5) is 18.3. The minimum absolute atomic E-state index is 0.0343. The molecular formula is C23H27N5O4. The molecule has 0 amide bonds.